The maximum Gasteiger partial charge on any atom is 0.168 e. The molecule has 0 bridgehead atoms. The molecular formula is C13H19NO3S. The predicted octanol–water partition coefficient (Wildman–Crippen LogP) is 2.65. The van der Waals surface area contributed by atoms with E-state index in [1.54, 1.807) is 11.3 Å². The quantitative estimate of drug-likeness (QED) is 0.846. The fraction of sp³-hybridized carbons (Fsp3) is 0.769. The topological polar surface area (TPSA) is 40.6 Å². The van der Waals surface area contributed by atoms with Gasteiger partial charge in [-0.15, -0.1) is 11.3 Å². The second-order valence-electron chi connectivity index (χ2n) is 4.98. The van der Waals surface area contributed by atoms with Gasteiger partial charge in [-0.2, -0.15) is 0 Å². The minimum Gasteiger partial charge on any atom is -0.372 e. The second kappa shape index (κ2) is 5.25. The lowest BCUT2D eigenvalue weighted by atomic mass is 9.92. The summed E-state index contributed by atoms with van der Waals surface area (Å²) in [5.41, 5.74) is 1.05. The van der Waals surface area contributed by atoms with E-state index in [1.165, 1.54) is 0 Å². The van der Waals surface area contributed by atoms with E-state index >= 15 is 0 Å². The monoisotopic (exact) mass is 269 g/mol. The Balaban J connectivity index is 1.45. The maximum absolute atomic E-state index is 5.92. The van der Waals surface area contributed by atoms with E-state index < -0.39 is 0 Å². The Kier molecular flexibility index (Phi) is 3.66. The molecule has 3 rings (SSSR count). The molecule has 1 aromatic heterocycles. The molecule has 1 saturated carbocycles. The minimum atomic E-state index is -0.281. The average Bonchev–Trinajstić information content (AvgIpc) is 2.99. The molecule has 1 aliphatic heterocycles. The van der Waals surface area contributed by atoms with Gasteiger partial charge < -0.3 is 14.2 Å². The van der Waals surface area contributed by atoms with Crippen LogP contribution in [0, 0.1) is 6.92 Å². The van der Waals surface area contributed by atoms with Crippen molar-refractivity contribution in [3.05, 3.63) is 16.1 Å². The van der Waals surface area contributed by atoms with Crippen molar-refractivity contribution in [2.75, 3.05) is 13.2 Å². The summed E-state index contributed by atoms with van der Waals surface area (Å²) in [6.07, 6.45) is 4.26. The number of hydrogen-bond donors (Lipinski definition) is 0. The highest BCUT2D eigenvalue weighted by Gasteiger charge is 2.40. The molecule has 100 valence electrons. The Morgan fingerprint density at radius 1 is 1.39 bits per heavy atom. The molecule has 0 atom stereocenters. The molecule has 1 aliphatic carbocycles. The Hall–Kier alpha value is -0.490. The lowest BCUT2D eigenvalue weighted by Crippen LogP contribution is -2.37. The van der Waals surface area contributed by atoms with Gasteiger partial charge in [-0.05, 0) is 19.8 Å². The highest BCUT2D eigenvalue weighted by molar-refractivity contribution is 7.09. The molecule has 2 heterocycles. The van der Waals surface area contributed by atoms with Crippen molar-refractivity contribution >= 4 is 11.3 Å². The highest BCUT2D eigenvalue weighted by atomic mass is 32.1. The van der Waals surface area contributed by atoms with Crippen molar-refractivity contribution < 1.29 is 14.2 Å². The van der Waals surface area contributed by atoms with Gasteiger partial charge in [-0.1, -0.05) is 0 Å². The Bertz CT molecular complexity index is 391. The van der Waals surface area contributed by atoms with Crippen LogP contribution >= 0.6 is 11.3 Å². The third kappa shape index (κ3) is 2.74. The van der Waals surface area contributed by atoms with Crippen LogP contribution in [0.15, 0.2) is 5.38 Å². The summed E-state index contributed by atoms with van der Waals surface area (Å²) in [7, 11) is 0. The fourth-order valence-corrected chi connectivity index (χ4v) is 3.26. The maximum atomic E-state index is 5.92. The fourth-order valence-electron chi connectivity index (χ4n) is 2.66. The molecule has 1 spiro atoms. The molecule has 18 heavy (non-hydrogen) atoms. The van der Waals surface area contributed by atoms with Gasteiger partial charge in [0.25, 0.3) is 0 Å². The standard InChI is InChI=1S/C13H19NO3S/c1-10-14-11(9-18-10)8-15-12-2-4-13(5-3-12)16-6-7-17-13/h9,12H,2-8H2,1H3. The van der Waals surface area contributed by atoms with E-state index in [0.29, 0.717) is 12.7 Å². The molecule has 0 radical (unpaired) electrons. The SMILES string of the molecule is Cc1nc(COC2CCC3(CC2)OCCO3)cs1. The van der Waals surface area contributed by atoms with Crippen LogP contribution in [-0.2, 0) is 20.8 Å². The van der Waals surface area contributed by atoms with Crippen molar-refractivity contribution in [2.24, 2.45) is 0 Å². The van der Waals surface area contributed by atoms with Crippen LogP contribution < -0.4 is 0 Å². The van der Waals surface area contributed by atoms with Gasteiger partial charge >= 0.3 is 0 Å². The molecule has 2 aliphatic rings. The highest BCUT2D eigenvalue weighted by Crippen LogP contribution is 2.36. The number of aryl methyl sites for hydroxylation is 1. The summed E-state index contributed by atoms with van der Waals surface area (Å²) < 4.78 is 17.3. The van der Waals surface area contributed by atoms with Crippen molar-refractivity contribution in [3.63, 3.8) is 0 Å². The van der Waals surface area contributed by atoms with E-state index in [1.807, 2.05) is 6.92 Å². The summed E-state index contributed by atoms with van der Waals surface area (Å²) >= 11 is 1.68. The third-order valence-corrected chi connectivity index (χ3v) is 4.46. The zero-order chi connectivity index (χ0) is 12.4. The molecule has 4 nitrogen and oxygen atoms in total. The van der Waals surface area contributed by atoms with Crippen LogP contribution in [0.4, 0.5) is 0 Å². The zero-order valence-corrected chi connectivity index (χ0v) is 11.5. The van der Waals surface area contributed by atoms with Gasteiger partial charge in [0.05, 0.1) is 36.6 Å². The molecule has 2 fully saturated rings. The zero-order valence-electron chi connectivity index (χ0n) is 10.7. The average molecular weight is 269 g/mol. The van der Waals surface area contributed by atoms with Crippen LogP contribution in [0.5, 0.6) is 0 Å². The molecule has 0 amide bonds. The Morgan fingerprint density at radius 3 is 2.72 bits per heavy atom. The number of hydrogen-bond acceptors (Lipinski definition) is 5. The van der Waals surface area contributed by atoms with E-state index in [9.17, 15) is 0 Å². The van der Waals surface area contributed by atoms with Gasteiger partial charge in [-0.3, -0.25) is 0 Å². The first kappa shape index (κ1) is 12.5. The number of thiazole rings is 1. The Labute approximate surface area is 111 Å². The minimum absolute atomic E-state index is 0.281. The van der Waals surface area contributed by atoms with Gasteiger partial charge in [0, 0.05) is 18.2 Å². The number of rotatable bonds is 3. The first-order chi connectivity index (χ1) is 8.76. The van der Waals surface area contributed by atoms with Crippen molar-refractivity contribution in [2.45, 2.75) is 51.1 Å². The van der Waals surface area contributed by atoms with E-state index in [2.05, 4.69) is 10.4 Å². The van der Waals surface area contributed by atoms with Crippen LogP contribution in [0.1, 0.15) is 36.4 Å². The molecule has 1 aromatic rings. The normalized spacial score (nSPS) is 23.8. The van der Waals surface area contributed by atoms with Crippen molar-refractivity contribution in [1.29, 1.82) is 0 Å². The molecule has 5 heteroatoms. The van der Waals surface area contributed by atoms with E-state index in [-0.39, 0.29) is 5.79 Å². The Morgan fingerprint density at radius 2 is 2.11 bits per heavy atom. The molecule has 0 aromatic carbocycles. The summed E-state index contributed by atoms with van der Waals surface area (Å²) in [6, 6.07) is 0. The predicted molar refractivity (Wildman–Crippen MR) is 68.5 cm³/mol. The van der Waals surface area contributed by atoms with Crippen LogP contribution in [-0.4, -0.2) is 30.1 Å². The van der Waals surface area contributed by atoms with Gasteiger partial charge in [0.2, 0.25) is 0 Å². The van der Waals surface area contributed by atoms with Crippen LogP contribution in [0.25, 0.3) is 0 Å². The lowest BCUT2D eigenvalue weighted by Gasteiger charge is -2.35. The number of aromatic nitrogens is 1. The first-order valence-electron chi connectivity index (χ1n) is 6.56. The van der Waals surface area contributed by atoms with Crippen molar-refractivity contribution in [3.8, 4) is 0 Å². The largest absolute Gasteiger partial charge is 0.372 e. The van der Waals surface area contributed by atoms with E-state index in [4.69, 9.17) is 14.2 Å². The molecular weight excluding hydrogens is 250 g/mol. The smallest absolute Gasteiger partial charge is 0.168 e. The van der Waals surface area contributed by atoms with Crippen LogP contribution in [0.2, 0.25) is 0 Å². The summed E-state index contributed by atoms with van der Waals surface area (Å²) in [5.74, 6) is -0.281. The third-order valence-electron chi connectivity index (χ3n) is 3.64. The molecule has 1 saturated heterocycles. The number of nitrogens with zero attached hydrogens (tertiary/aromatic N) is 1. The molecule has 0 unspecified atom stereocenters. The second-order valence-corrected chi connectivity index (χ2v) is 6.04. The van der Waals surface area contributed by atoms with Crippen molar-refractivity contribution in [1.82, 2.24) is 4.98 Å². The summed E-state index contributed by atoms with van der Waals surface area (Å²) in [5, 5.41) is 3.17. The van der Waals surface area contributed by atoms with Gasteiger partial charge in [0.15, 0.2) is 5.79 Å². The first-order valence-corrected chi connectivity index (χ1v) is 7.44. The summed E-state index contributed by atoms with van der Waals surface area (Å²) in [6.45, 7) is 4.13. The number of ether oxygens (including phenoxy) is 3. The van der Waals surface area contributed by atoms with Gasteiger partial charge in [0.1, 0.15) is 0 Å². The van der Waals surface area contributed by atoms with Gasteiger partial charge in [-0.25, -0.2) is 4.98 Å². The molecule has 0 N–H and O–H groups in total. The van der Waals surface area contributed by atoms with Crippen LogP contribution in [0.3, 0.4) is 0 Å². The van der Waals surface area contributed by atoms with E-state index in [0.717, 1.165) is 49.6 Å². The summed E-state index contributed by atoms with van der Waals surface area (Å²) in [4.78, 5) is 4.41. The lowest BCUT2D eigenvalue weighted by molar-refractivity contribution is -0.192.